The number of hydrogen-bond donors (Lipinski definition) is 2. The molecule has 2 aliphatic heterocycles. The largest absolute Gasteiger partial charge is 0.356 e. The Labute approximate surface area is 173 Å². The molecular weight excluding hydrogens is 366 g/mol. The first-order valence-electron chi connectivity index (χ1n) is 10.7. The number of amides is 2. The molecule has 0 saturated carbocycles. The van der Waals surface area contributed by atoms with Gasteiger partial charge in [0.05, 0.1) is 0 Å². The Balaban J connectivity index is 1.41. The first kappa shape index (κ1) is 21.1. The number of anilines is 1. The Morgan fingerprint density at radius 1 is 1.14 bits per heavy atom. The molecule has 2 fully saturated rings. The predicted molar refractivity (Wildman–Crippen MR) is 116 cm³/mol. The van der Waals surface area contributed by atoms with Crippen LogP contribution in [0.15, 0.2) is 29.3 Å². The molecule has 0 bridgehead atoms. The smallest absolute Gasteiger partial charge is 0.227 e. The normalized spacial score (nSPS) is 20.1. The maximum absolute atomic E-state index is 12.4. The first-order valence-corrected chi connectivity index (χ1v) is 10.7. The van der Waals surface area contributed by atoms with E-state index in [-0.39, 0.29) is 11.8 Å². The van der Waals surface area contributed by atoms with Crippen molar-refractivity contribution >= 4 is 23.5 Å². The molecule has 1 aromatic rings. The Hall–Kier alpha value is -2.57. The Kier molecular flexibility index (Phi) is 7.49. The number of benzene rings is 1. The highest BCUT2D eigenvalue weighted by Gasteiger charge is 2.23. The van der Waals surface area contributed by atoms with Crippen molar-refractivity contribution in [2.45, 2.75) is 58.0 Å². The predicted octanol–water partition coefficient (Wildman–Crippen LogP) is 2.27. The van der Waals surface area contributed by atoms with Crippen LogP contribution in [0.5, 0.6) is 0 Å². The molecule has 3 rings (SSSR count). The van der Waals surface area contributed by atoms with Crippen molar-refractivity contribution in [3.8, 4) is 0 Å². The van der Waals surface area contributed by atoms with Crippen molar-refractivity contribution in [2.75, 3.05) is 31.6 Å². The van der Waals surface area contributed by atoms with Crippen molar-refractivity contribution in [1.29, 1.82) is 0 Å². The van der Waals surface area contributed by atoms with E-state index in [0.717, 1.165) is 43.6 Å². The minimum Gasteiger partial charge on any atom is -0.356 e. The fourth-order valence-corrected chi connectivity index (χ4v) is 4.02. The van der Waals surface area contributed by atoms with Crippen LogP contribution in [0.25, 0.3) is 0 Å². The quantitative estimate of drug-likeness (QED) is 0.568. The summed E-state index contributed by atoms with van der Waals surface area (Å²) in [5.74, 6) is 1.10. The van der Waals surface area contributed by atoms with Gasteiger partial charge in [-0.15, -0.1) is 0 Å². The van der Waals surface area contributed by atoms with E-state index in [4.69, 9.17) is 0 Å². The van der Waals surface area contributed by atoms with E-state index < -0.39 is 0 Å². The number of carbonyl (C=O) groups excluding carboxylic acids is 2. The molecule has 2 aliphatic rings. The van der Waals surface area contributed by atoms with Crippen LogP contribution >= 0.6 is 0 Å². The second-order valence-corrected chi connectivity index (χ2v) is 7.85. The number of piperidine rings is 1. The van der Waals surface area contributed by atoms with Crippen LogP contribution < -0.4 is 15.5 Å². The second kappa shape index (κ2) is 10.3. The zero-order chi connectivity index (χ0) is 20.6. The molecule has 0 radical (unpaired) electrons. The fourth-order valence-electron chi connectivity index (χ4n) is 4.02. The minimum absolute atomic E-state index is 0.203. The summed E-state index contributed by atoms with van der Waals surface area (Å²) in [6.07, 6.45) is 5.48. The minimum atomic E-state index is 0.203. The van der Waals surface area contributed by atoms with Gasteiger partial charge in [0, 0.05) is 57.8 Å². The third kappa shape index (κ3) is 5.71. The lowest BCUT2D eigenvalue weighted by Crippen LogP contribution is -2.44. The molecule has 2 saturated heterocycles. The lowest BCUT2D eigenvalue weighted by atomic mass is 10.0. The van der Waals surface area contributed by atoms with Gasteiger partial charge in [0.1, 0.15) is 0 Å². The SMILES string of the molecule is CN=C(NCCC(=O)N1CCCCC1C)NCc1ccc(N2CCCC2=O)cc1. The highest BCUT2D eigenvalue weighted by atomic mass is 16.2. The number of hydrogen-bond acceptors (Lipinski definition) is 3. The number of likely N-dealkylation sites (tertiary alicyclic amines) is 1. The van der Waals surface area contributed by atoms with Gasteiger partial charge in [0.2, 0.25) is 11.8 Å². The van der Waals surface area contributed by atoms with Gasteiger partial charge in [0.15, 0.2) is 5.96 Å². The molecule has 158 valence electrons. The standard InChI is InChI=1S/C22H33N5O2/c1-17-6-3-4-14-26(17)21(29)12-13-24-22(23-2)25-16-18-8-10-19(11-9-18)27-15-5-7-20(27)28/h8-11,17H,3-7,12-16H2,1-2H3,(H2,23,24,25). The second-order valence-electron chi connectivity index (χ2n) is 7.85. The highest BCUT2D eigenvalue weighted by molar-refractivity contribution is 5.95. The number of aliphatic imine (C=N–C) groups is 1. The molecule has 2 N–H and O–H groups in total. The summed E-state index contributed by atoms with van der Waals surface area (Å²) in [6, 6.07) is 8.40. The molecule has 0 spiro atoms. The Morgan fingerprint density at radius 2 is 1.93 bits per heavy atom. The molecule has 29 heavy (non-hydrogen) atoms. The fraction of sp³-hybridized carbons (Fsp3) is 0.591. The molecule has 1 atom stereocenters. The van der Waals surface area contributed by atoms with E-state index >= 15 is 0 Å². The van der Waals surface area contributed by atoms with Crippen LogP contribution in [0, 0.1) is 0 Å². The van der Waals surface area contributed by atoms with E-state index in [0.29, 0.717) is 37.9 Å². The molecule has 0 aromatic heterocycles. The van der Waals surface area contributed by atoms with E-state index in [1.165, 1.54) is 6.42 Å². The van der Waals surface area contributed by atoms with Gasteiger partial charge in [0.25, 0.3) is 0 Å². The molecule has 7 nitrogen and oxygen atoms in total. The van der Waals surface area contributed by atoms with Gasteiger partial charge < -0.3 is 20.4 Å². The van der Waals surface area contributed by atoms with Crippen LogP contribution in [-0.2, 0) is 16.1 Å². The van der Waals surface area contributed by atoms with E-state index in [9.17, 15) is 9.59 Å². The third-order valence-electron chi connectivity index (χ3n) is 5.76. The van der Waals surface area contributed by atoms with Crippen molar-refractivity contribution < 1.29 is 9.59 Å². The molecule has 2 heterocycles. The van der Waals surface area contributed by atoms with Crippen LogP contribution in [0.2, 0.25) is 0 Å². The summed E-state index contributed by atoms with van der Waals surface area (Å²) in [4.78, 5) is 32.4. The summed E-state index contributed by atoms with van der Waals surface area (Å²) in [5.41, 5.74) is 2.07. The summed E-state index contributed by atoms with van der Waals surface area (Å²) >= 11 is 0. The van der Waals surface area contributed by atoms with Crippen molar-refractivity contribution in [1.82, 2.24) is 15.5 Å². The lowest BCUT2D eigenvalue weighted by molar-refractivity contribution is -0.134. The summed E-state index contributed by atoms with van der Waals surface area (Å²) in [7, 11) is 1.73. The number of nitrogens with one attached hydrogen (secondary N) is 2. The van der Waals surface area contributed by atoms with Crippen LogP contribution in [0.4, 0.5) is 5.69 Å². The average molecular weight is 400 g/mol. The molecule has 1 aromatic carbocycles. The van der Waals surface area contributed by atoms with Gasteiger partial charge >= 0.3 is 0 Å². The summed E-state index contributed by atoms with van der Waals surface area (Å²) in [6.45, 7) is 5.02. The van der Waals surface area contributed by atoms with Crippen LogP contribution in [0.3, 0.4) is 0 Å². The Morgan fingerprint density at radius 3 is 2.59 bits per heavy atom. The maximum atomic E-state index is 12.4. The van der Waals surface area contributed by atoms with Crippen molar-refractivity contribution in [3.63, 3.8) is 0 Å². The number of nitrogens with zero attached hydrogens (tertiary/aromatic N) is 3. The van der Waals surface area contributed by atoms with E-state index in [1.54, 1.807) is 7.05 Å². The van der Waals surface area contributed by atoms with Gasteiger partial charge in [-0.05, 0) is 50.3 Å². The third-order valence-corrected chi connectivity index (χ3v) is 5.76. The molecule has 2 amide bonds. The summed E-state index contributed by atoms with van der Waals surface area (Å²) in [5, 5.41) is 6.50. The van der Waals surface area contributed by atoms with Gasteiger partial charge in [-0.25, -0.2) is 0 Å². The topological polar surface area (TPSA) is 77.0 Å². The molecular formula is C22H33N5O2. The van der Waals surface area contributed by atoms with Crippen molar-refractivity contribution in [2.24, 2.45) is 4.99 Å². The van der Waals surface area contributed by atoms with Crippen LogP contribution in [0.1, 0.15) is 51.0 Å². The molecule has 1 unspecified atom stereocenters. The number of carbonyl (C=O) groups is 2. The average Bonchev–Trinajstić information content (AvgIpc) is 3.17. The number of guanidine groups is 1. The van der Waals surface area contributed by atoms with Gasteiger partial charge in [-0.1, -0.05) is 12.1 Å². The summed E-state index contributed by atoms with van der Waals surface area (Å²) < 4.78 is 0. The van der Waals surface area contributed by atoms with E-state index in [2.05, 4.69) is 22.5 Å². The van der Waals surface area contributed by atoms with Gasteiger partial charge in [-0.2, -0.15) is 0 Å². The Bertz CT molecular complexity index is 731. The highest BCUT2D eigenvalue weighted by Crippen LogP contribution is 2.21. The zero-order valence-corrected chi connectivity index (χ0v) is 17.6. The number of rotatable bonds is 6. The molecule has 0 aliphatic carbocycles. The van der Waals surface area contributed by atoms with E-state index in [1.807, 2.05) is 34.1 Å². The van der Waals surface area contributed by atoms with Crippen molar-refractivity contribution in [3.05, 3.63) is 29.8 Å². The zero-order valence-electron chi connectivity index (χ0n) is 17.6. The van der Waals surface area contributed by atoms with Gasteiger partial charge in [-0.3, -0.25) is 14.6 Å². The lowest BCUT2D eigenvalue weighted by Gasteiger charge is -2.33. The monoisotopic (exact) mass is 399 g/mol. The van der Waals surface area contributed by atoms with Crippen LogP contribution in [-0.4, -0.2) is 55.4 Å². The molecule has 7 heteroatoms. The maximum Gasteiger partial charge on any atom is 0.227 e. The first-order chi connectivity index (χ1) is 14.1.